The van der Waals surface area contributed by atoms with E-state index in [1.165, 1.54) is 6.92 Å². The molecule has 0 heterocycles. The predicted molar refractivity (Wildman–Crippen MR) is 123 cm³/mol. The Morgan fingerprint density at radius 1 is 0.939 bits per heavy atom. The normalized spacial score (nSPS) is 12.3. The number of primary amides is 1. The van der Waals surface area contributed by atoms with Gasteiger partial charge in [0.15, 0.2) is 0 Å². The van der Waals surface area contributed by atoms with Gasteiger partial charge in [-0.15, -0.1) is 0 Å². The number of ether oxygens (including phenoxy) is 1. The minimum atomic E-state index is -1.06. The molecule has 1 aromatic carbocycles. The van der Waals surface area contributed by atoms with E-state index >= 15 is 0 Å². The molecular weight excluding hydrogens is 426 g/mol. The van der Waals surface area contributed by atoms with Crippen molar-refractivity contribution < 1.29 is 28.7 Å². The highest BCUT2D eigenvalue weighted by Gasteiger charge is 2.23. The zero-order chi connectivity index (χ0) is 24.6. The largest absolute Gasteiger partial charge is 0.461 e. The molecular formula is C24H35N3O6. The van der Waals surface area contributed by atoms with Crippen molar-refractivity contribution in [1.29, 1.82) is 0 Å². The molecule has 0 aliphatic heterocycles. The van der Waals surface area contributed by atoms with Crippen molar-refractivity contribution in [1.82, 2.24) is 10.6 Å². The van der Waals surface area contributed by atoms with Crippen LogP contribution in [0.3, 0.4) is 0 Å². The van der Waals surface area contributed by atoms with Crippen LogP contribution in [0.2, 0.25) is 0 Å². The van der Waals surface area contributed by atoms with E-state index in [0.29, 0.717) is 19.3 Å². The second kappa shape index (κ2) is 15.6. The fraction of sp³-hybridized carbons (Fsp3) is 0.542. The lowest BCUT2D eigenvalue weighted by Crippen LogP contribution is -2.52. The van der Waals surface area contributed by atoms with Gasteiger partial charge in [0.25, 0.3) is 0 Å². The lowest BCUT2D eigenvalue weighted by molar-refractivity contribution is -0.145. The van der Waals surface area contributed by atoms with Crippen LogP contribution in [0.25, 0.3) is 0 Å². The molecule has 182 valence electrons. The molecule has 1 aromatic rings. The molecule has 3 amide bonds. The topological polar surface area (TPSA) is 145 Å². The Labute approximate surface area is 194 Å². The molecule has 0 saturated carbocycles. The van der Waals surface area contributed by atoms with Gasteiger partial charge in [-0.1, -0.05) is 43.7 Å². The van der Waals surface area contributed by atoms with E-state index in [-0.39, 0.29) is 37.6 Å². The fourth-order valence-corrected chi connectivity index (χ4v) is 3.00. The number of carbonyl (C=O) groups excluding carboxylic acids is 5. The van der Waals surface area contributed by atoms with Crippen molar-refractivity contribution in [2.45, 2.75) is 83.9 Å². The van der Waals surface area contributed by atoms with E-state index in [4.69, 9.17) is 10.5 Å². The van der Waals surface area contributed by atoms with E-state index in [9.17, 15) is 24.0 Å². The predicted octanol–water partition coefficient (Wildman–Crippen LogP) is 1.91. The van der Waals surface area contributed by atoms with Crippen LogP contribution in [0.15, 0.2) is 30.3 Å². The summed E-state index contributed by atoms with van der Waals surface area (Å²) in [6, 6.07) is 7.23. The number of rotatable bonds is 16. The molecule has 9 heteroatoms. The highest BCUT2D eigenvalue weighted by Crippen LogP contribution is 2.06. The number of hydrogen-bond donors (Lipinski definition) is 3. The number of ketones is 1. The van der Waals surface area contributed by atoms with E-state index in [1.54, 1.807) is 0 Å². The average molecular weight is 462 g/mol. The molecule has 0 radical (unpaired) electrons. The zero-order valence-corrected chi connectivity index (χ0v) is 19.4. The summed E-state index contributed by atoms with van der Waals surface area (Å²) in [5.41, 5.74) is 6.18. The van der Waals surface area contributed by atoms with Crippen LogP contribution in [0.4, 0.5) is 0 Å². The average Bonchev–Trinajstić information content (AvgIpc) is 2.80. The summed E-state index contributed by atoms with van der Waals surface area (Å²) in [7, 11) is 0. The van der Waals surface area contributed by atoms with Crippen molar-refractivity contribution in [2.75, 3.05) is 0 Å². The van der Waals surface area contributed by atoms with Gasteiger partial charge in [-0.2, -0.15) is 0 Å². The van der Waals surface area contributed by atoms with Gasteiger partial charge in [-0.05, 0) is 31.7 Å². The summed E-state index contributed by atoms with van der Waals surface area (Å²) < 4.78 is 5.16. The maximum atomic E-state index is 12.3. The zero-order valence-electron chi connectivity index (χ0n) is 19.4. The molecule has 0 spiro atoms. The molecule has 0 unspecified atom stereocenters. The minimum absolute atomic E-state index is 0.00809. The smallest absolute Gasteiger partial charge is 0.306 e. The third kappa shape index (κ3) is 12.4. The van der Waals surface area contributed by atoms with Gasteiger partial charge >= 0.3 is 5.97 Å². The molecule has 4 N–H and O–H groups in total. The first kappa shape index (κ1) is 27.8. The highest BCUT2D eigenvalue weighted by atomic mass is 16.5. The number of benzene rings is 1. The summed E-state index contributed by atoms with van der Waals surface area (Å²) in [5.74, 6) is -1.95. The maximum absolute atomic E-state index is 12.3. The molecule has 0 bridgehead atoms. The standard InChI is InChI=1S/C24H35N3O6/c1-3-19(28)12-8-5-9-13-21(29)26-17(2)24(32)27-20(23(25)31)14-15-22(30)33-16-18-10-6-4-7-11-18/h4,6-7,10-11,17,20H,3,5,8-9,12-16H2,1-2H3,(H2,25,31)(H,26,29)(H,27,32)/t17-,20+/m0/s1. The van der Waals surface area contributed by atoms with E-state index in [2.05, 4.69) is 10.6 Å². The third-order valence-corrected chi connectivity index (χ3v) is 5.06. The molecule has 1 rings (SSSR count). The molecule has 2 atom stereocenters. The molecule has 33 heavy (non-hydrogen) atoms. The van der Waals surface area contributed by atoms with Gasteiger partial charge in [-0.3, -0.25) is 24.0 Å². The number of nitrogens with one attached hydrogen (secondary N) is 2. The van der Waals surface area contributed by atoms with E-state index < -0.39 is 29.9 Å². The Hall–Kier alpha value is -3.23. The van der Waals surface area contributed by atoms with Gasteiger partial charge in [0.2, 0.25) is 17.7 Å². The first-order valence-electron chi connectivity index (χ1n) is 11.3. The summed E-state index contributed by atoms with van der Waals surface area (Å²) in [5, 5.41) is 5.05. The molecule has 0 saturated heterocycles. The summed E-state index contributed by atoms with van der Waals surface area (Å²) in [4.78, 5) is 59.3. The Bertz CT molecular complexity index is 797. The molecule has 0 aromatic heterocycles. The number of nitrogens with two attached hydrogens (primary N) is 1. The first-order chi connectivity index (χ1) is 15.7. The van der Waals surface area contributed by atoms with Crippen LogP contribution in [0, 0.1) is 0 Å². The summed E-state index contributed by atoms with van der Waals surface area (Å²) >= 11 is 0. The number of Topliss-reactive ketones (excluding diaryl/α,β-unsaturated/α-hetero) is 1. The van der Waals surface area contributed by atoms with E-state index in [0.717, 1.165) is 18.4 Å². The third-order valence-electron chi connectivity index (χ3n) is 5.06. The van der Waals surface area contributed by atoms with Crippen molar-refractivity contribution >= 4 is 29.5 Å². The lowest BCUT2D eigenvalue weighted by Gasteiger charge is -2.19. The quantitative estimate of drug-likeness (QED) is 0.253. The number of carbonyl (C=O) groups is 5. The van der Waals surface area contributed by atoms with Crippen LogP contribution < -0.4 is 16.4 Å². The first-order valence-corrected chi connectivity index (χ1v) is 11.3. The molecule has 0 fully saturated rings. The Balaban J connectivity index is 2.34. The van der Waals surface area contributed by atoms with Gasteiger partial charge in [0.1, 0.15) is 24.5 Å². The SMILES string of the molecule is CCC(=O)CCCCCC(=O)N[C@@H](C)C(=O)N[C@H](CCC(=O)OCc1ccccc1)C(N)=O. The van der Waals surface area contributed by atoms with Crippen molar-refractivity contribution in [3.8, 4) is 0 Å². The van der Waals surface area contributed by atoms with Crippen molar-refractivity contribution in [3.63, 3.8) is 0 Å². The number of esters is 1. The van der Waals surface area contributed by atoms with Crippen LogP contribution >= 0.6 is 0 Å². The Kier molecular flexibility index (Phi) is 13.1. The van der Waals surface area contributed by atoms with Gasteiger partial charge in [0, 0.05) is 25.7 Å². The summed E-state index contributed by atoms with van der Waals surface area (Å²) in [6.45, 7) is 3.44. The lowest BCUT2D eigenvalue weighted by atomic mass is 10.1. The Morgan fingerprint density at radius 3 is 2.24 bits per heavy atom. The molecule has 0 aliphatic rings. The van der Waals surface area contributed by atoms with Gasteiger partial charge in [0.05, 0.1) is 0 Å². The maximum Gasteiger partial charge on any atom is 0.306 e. The summed E-state index contributed by atoms with van der Waals surface area (Å²) in [6.07, 6.45) is 3.29. The number of hydrogen-bond acceptors (Lipinski definition) is 6. The van der Waals surface area contributed by atoms with Gasteiger partial charge < -0.3 is 21.1 Å². The second-order valence-corrected chi connectivity index (χ2v) is 7.89. The molecule has 0 aliphatic carbocycles. The monoisotopic (exact) mass is 461 g/mol. The second-order valence-electron chi connectivity index (χ2n) is 7.89. The number of unbranched alkanes of at least 4 members (excludes halogenated alkanes) is 2. The van der Waals surface area contributed by atoms with Crippen molar-refractivity contribution in [3.05, 3.63) is 35.9 Å². The van der Waals surface area contributed by atoms with Crippen LogP contribution in [0.5, 0.6) is 0 Å². The molecule has 9 nitrogen and oxygen atoms in total. The van der Waals surface area contributed by atoms with Gasteiger partial charge in [-0.25, -0.2) is 0 Å². The van der Waals surface area contributed by atoms with Crippen LogP contribution in [-0.4, -0.2) is 41.6 Å². The van der Waals surface area contributed by atoms with Crippen molar-refractivity contribution in [2.24, 2.45) is 5.73 Å². The van der Waals surface area contributed by atoms with Crippen LogP contribution in [0.1, 0.15) is 70.8 Å². The fourth-order valence-electron chi connectivity index (χ4n) is 3.00. The number of amides is 3. The van der Waals surface area contributed by atoms with E-state index in [1.807, 2.05) is 37.3 Å². The van der Waals surface area contributed by atoms with Crippen LogP contribution in [-0.2, 0) is 35.3 Å². The minimum Gasteiger partial charge on any atom is -0.461 e. The Morgan fingerprint density at radius 2 is 1.61 bits per heavy atom. The highest BCUT2D eigenvalue weighted by molar-refractivity contribution is 5.91.